The molecule has 0 aromatic heterocycles. The Morgan fingerprint density at radius 3 is 2.65 bits per heavy atom. The molecule has 0 amide bonds. The molecule has 0 bridgehead atoms. The van der Waals surface area contributed by atoms with Gasteiger partial charge in [0.25, 0.3) is 0 Å². The zero-order chi connectivity index (χ0) is 14.4. The van der Waals surface area contributed by atoms with Gasteiger partial charge in [-0.3, -0.25) is 4.90 Å². The van der Waals surface area contributed by atoms with Crippen LogP contribution in [0, 0.1) is 5.92 Å². The summed E-state index contributed by atoms with van der Waals surface area (Å²) >= 11 is 0. The van der Waals surface area contributed by atoms with Crippen LogP contribution in [0.25, 0.3) is 0 Å². The average molecular weight is 276 g/mol. The summed E-state index contributed by atoms with van der Waals surface area (Å²) in [6.07, 6.45) is 1.20. The first-order valence-electron chi connectivity index (χ1n) is 7.88. The molecule has 0 saturated carbocycles. The van der Waals surface area contributed by atoms with Gasteiger partial charge in [-0.25, -0.2) is 0 Å². The number of ether oxygens (including phenoxy) is 1. The molecule has 0 spiro atoms. The maximum atomic E-state index is 5.66. The first-order chi connectivity index (χ1) is 9.70. The number of nitrogens with zero attached hydrogens (tertiary/aromatic N) is 1. The maximum Gasteiger partial charge on any atom is 0.119 e. The minimum atomic E-state index is 0.512. The lowest BCUT2D eigenvalue weighted by molar-refractivity contribution is 0.154. The average Bonchev–Trinajstić information content (AvgIpc) is 2.46. The topological polar surface area (TPSA) is 24.5 Å². The van der Waals surface area contributed by atoms with E-state index in [1.54, 1.807) is 0 Å². The molecule has 3 nitrogen and oxygen atoms in total. The molecular weight excluding hydrogens is 248 g/mol. The summed E-state index contributed by atoms with van der Waals surface area (Å²) in [5.74, 6) is 1.69. The molecule has 0 unspecified atom stereocenters. The summed E-state index contributed by atoms with van der Waals surface area (Å²) in [5, 5.41) is 3.44. The van der Waals surface area contributed by atoms with E-state index in [9.17, 15) is 0 Å². The van der Waals surface area contributed by atoms with E-state index in [0.717, 1.165) is 38.5 Å². The number of rotatable bonds is 6. The molecule has 0 radical (unpaired) electrons. The molecule has 20 heavy (non-hydrogen) atoms. The molecule has 1 atom stereocenters. The summed E-state index contributed by atoms with van der Waals surface area (Å²) in [6.45, 7) is 11.8. The SMILES string of the molecule is CCOc1cccc([C@H](CC(C)C)N2CCNCC2)c1. The zero-order valence-corrected chi connectivity index (χ0v) is 13.1. The number of hydrogen-bond donors (Lipinski definition) is 1. The normalized spacial score (nSPS) is 18.2. The molecule has 1 saturated heterocycles. The van der Waals surface area contributed by atoms with Crippen molar-refractivity contribution >= 4 is 0 Å². The van der Waals surface area contributed by atoms with Gasteiger partial charge in [0.1, 0.15) is 5.75 Å². The molecule has 0 aliphatic carbocycles. The van der Waals surface area contributed by atoms with Crippen LogP contribution >= 0.6 is 0 Å². The van der Waals surface area contributed by atoms with Crippen LogP contribution in [0.1, 0.15) is 38.8 Å². The predicted molar refractivity (Wildman–Crippen MR) is 84.2 cm³/mol. The number of piperazine rings is 1. The highest BCUT2D eigenvalue weighted by atomic mass is 16.5. The Bertz CT molecular complexity index is 400. The molecule has 3 heteroatoms. The Morgan fingerprint density at radius 2 is 2.00 bits per heavy atom. The van der Waals surface area contributed by atoms with Crippen LogP contribution in [0.2, 0.25) is 0 Å². The van der Waals surface area contributed by atoms with Gasteiger partial charge in [0.15, 0.2) is 0 Å². The molecule has 112 valence electrons. The van der Waals surface area contributed by atoms with E-state index < -0.39 is 0 Å². The van der Waals surface area contributed by atoms with Crippen molar-refractivity contribution in [1.29, 1.82) is 0 Å². The Morgan fingerprint density at radius 1 is 1.25 bits per heavy atom. The standard InChI is InChI=1S/C17H28N2O/c1-4-20-16-7-5-6-15(13-16)17(12-14(2)3)19-10-8-18-9-11-19/h5-7,13-14,17-18H,4,8-12H2,1-3H3/t17-/m0/s1. The molecular formula is C17H28N2O. The summed E-state index contributed by atoms with van der Waals surface area (Å²) in [4.78, 5) is 2.61. The van der Waals surface area contributed by atoms with Crippen LogP contribution in [0.4, 0.5) is 0 Å². The third-order valence-corrected chi connectivity index (χ3v) is 3.84. The third kappa shape index (κ3) is 4.22. The van der Waals surface area contributed by atoms with Crippen LogP contribution < -0.4 is 10.1 Å². The van der Waals surface area contributed by atoms with E-state index in [0.29, 0.717) is 12.0 Å². The molecule has 1 N–H and O–H groups in total. The first-order valence-corrected chi connectivity index (χ1v) is 7.88. The largest absolute Gasteiger partial charge is 0.494 e. The van der Waals surface area contributed by atoms with Crippen LogP contribution in [0.3, 0.4) is 0 Å². The van der Waals surface area contributed by atoms with Gasteiger partial charge in [0, 0.05) is 32.2 Å². The Kier molecular flexibility index (Phi) is 5.86. The third-order valence-electron chi connectivity index (χ3n) is 3.84. The molecule has 2 rings (SSSR count). The van der Waals surface area contributed by atoms with Gasteiger partial charge in [-0.2, -0.15) is 0 Å². The predicted octanol–water partition coefficient (Wildman–Crippen LogP) is 3.08. The Balaban J connectivity index is 2.18. The second kappa shape index (κ2) is 7.65. The van der Waals surface area contributed by atoms with Gasteiger partial charge in [-0.1, -0.05) is 26.0 Å². The van der Waals surface area contributed by atoms with E-state index in [1.807, 2.05) is 6.92 Å². The van der Waals surface area contributed by atoms with Gasteiger partial charge in [0.05, 0.1) is 6.61 Å². The van der Waals surface area contributed by atoms with E-state index in [-0.39, 0.29) is 0 Å². The van der Waals surface area contributed by atoms with Crippen molar-refractivity contribution in [1.82, 2.24) is 10.2 Å². The van der Waals surface area contributed by atoms with Crippen molar-refractivity contribution in [3.05, 3.63) is 29.8 Å². The van der Waals surface area contributed by atoms with Gasteiger partial charge >= 0.3 is 0 Å². The smallest absolute Gasteiger partial charge is 0.119 e. The fourth-order valence-corrected chi connectivity index (χ4v) is 2.91. The van der Waals surface area contributed by atoms with Crippen molar-refractivity contribution in [2.45, 2.75) is 33.2 Å². The molecule has 1 aliphatic heterocycles. The van der Waals surface area contributed by atoms with Crippen molar-refractivity contribution in [3.8, 4) is 5.75 Å². The van der Waals surface area contributed by atoms with E-state index in [1.165, 1.54) is 12.0 Å². The Hall–Kier alpha value is -1.06. The van der Waals surface area contributed by atoms with E-state index in [4.69, 9.17) is 4.74 Å². The van der Waals surface area contributed by atoms with Crippen molar-refractivity contribution in [3.63, 3.8) is 0 Å². The summed E-state index contributed by atoms with van der Waals surface area (Å²) in [7, 11) is 0. The lowest BCUT2D eigenvalue weighted by atomic mass is 9.95. The minimum Gasteiger partial charge on any atom is -0.494 e. The van der Waals surface area contributed by atoms with Gasteiger partial charge in [0.2, 0.25) is 0 Å². The van der Waals surface area contributed by atoms with Gasteiger partial charge in [-0.05, 0) is 37.0 Å². The monoisotopic (exact) mass is 276 g/mol. The lowest BCUT2D eigenvalue weighted by Gasteiger charge is -2.36. The van der Waals surface area contributed by atoms with Gasteiger partial charge < -0.3 is 10.1 Å². The van der Waals surface area contributed by atoms with Crippen molar-refractivity contribution in [2.24, 2.45) is 5.92 Å². The van der Waals surface area contributed by atoms with E-state index in [2.05, 4.69) is 48.3 Å². The second-order valence-corrected chi connectivity index (χ2v) is 5.94. The molecule has 1 heterocycles. The van der Waals surface area contributed by atoms with Crippen LogP contribution in [0.15, 0.2) is 24.3 Å². The van der Waals surface area contributed by atoms with Crippen LogP contribution in [-0.4, -0.2) is 37.7 Å². The fourth-order valence-electron chi connectivity index (χ4n) is 2.91. The van der Waals surface area contributed by atoms with Gasteiger partial charge in [-0.15, -0.1) is 0 Å². The fraction of sp³-hybridized carbons (Fsp3) is 0.647. The number of hydrogen-bond acceptors (Lipinski definition) is 3. The van der Waals surface area contributed by atoms with Crippen LogP contribution in [-0.2, 0) is 0 Å². The van der Waals surface area contributed by atoms with Crippen molar-refractivity contribution < 1.29 is 4.74 Å². The summed E-state index contributed by atoms with van der Waals surface area (Å²) < 4.78 is 5.66. The maximum absolute atomic E-state index is 5.66. The molecule has 1 aromatic carbocycles. The lowest BCUT2D eigenvalue weighted by Crippen LogP contribution is -2.45. The molecule has 1 fully saturated rings. The van der Waals surface area contributed by atoms with Crippen molar-refractivity contribution in [2.75, 3.05) is 32.8 Å². The van der Waals surface area contributed by atoms with E-state index >= 15 is 0 Å². The molecule has 1 aliphatic rings. The summed E-state index contributed by atoms with van der Waals surface area (Å²) in [5.41, 5.74) is 1.39. The highest BCUT2D eigenvalue weighted by Gasteiger charge is 2.23. The zero-order valence-electron chi connectivity index (χ0n) is 13.1. The first kappa shape index (κ1) is 15.3. The highest BCUT2D eigenvalue weighted by Crippen LogP contribution is 2.30. The number of nitrogens with one attached hydrogen (secondary N) is 1. The summed E-state index contributed by atoms with van der Waals surface area (Å²) in [6, 6.07) is 9.15. The van der Waals surface area contributed by atoms with Crippen LogP contribution in [0.5, 0.6) is 5.75 Å². The quantitative estimate of drug-likeness (QED) is 0.864. The minimum absolute atomic E-state index is 0.512. The highest BCUT2D eigenvalue weighted by molar-refractivity contribution is 5.30. The number of benzene rings is 1. The Labute approximate surface area is 123 Å². The second-order valence-electron chi connectivity index (χ2n) is 5.94. The molecule has 1 aromatic rings.